The highest BCUT2D eigenvalue weighted by Crippen LogP contribution is 2.41. The minimum atomic E-state index is -0.920. The van der Waals surface area contributed by atoms with Crippen molar-refractivity contribution in [2.45, 2.75) is 33.0 Å². The monoisotopic (exact) mass is 527 g/mol. The topological polar surface area (TPSA) is 110 Å². The van der Waals surface area contributed by atoms with E-state index in [1.54, 1.807) is 20.8 Å². The van der Waals surface area contributed by atoms with E-state index in [0.717, 1.165) is 5.56 Å². The summed E-state index contributed by atoms with van der Waals surface area (Å²) >= 11 is 6.51. The first-order chi connectivity index (χ1) is 17.5. The number of benzene rings is 3. The van der Waals surface area contributed by atoms with E-state index >= 15 is 0 Å². The van der Waals surface area contributed by atoms with Crippen molar-refractivity contribution in [2.75, 3.05) is 7.11 Å². The van der Waals surface area contributed by atoms with Gasteiger partial charge in [-0.1, -0.05) is 41.9 Å². The molecular weight excluding hydrogens is 501 g/mol. The lowest BCUT2D eigenvalue weighted by atomic mass is 9.97. The van der Waals surface area contributed by atoms with E-state index in [0.29, 0.717) is 0 Å². The van der Waals surface area contributed by atoms with Gasteiger partial charge in [0.05, 0.1) is 12.7 Å². The number of guanidine groups is 1. The molecule has 0 bridgehead atoms. The Morgan fingerprint density at radius 3 is 2.32 bits per heavy atom. The van der Waals surface area contributed by atoms with Crippen molar-refractivity contribution in [1.82, 2.24) is 10.6 Å². The number of carbonyl (C=O) groups is 2. The minimum absolute atomic E-state index is 0.0805. The second-order valence-corrected chi connectivity index (χ2v) is 9.28. The van der Waals surface area contributed by atoms with Crippen molar-refractivity contribution in [3.8, 4) is 22.6 Å². The third-order valence-corrected chi connectivity index (χ3v) is 5.19. The lowest BCUT2D eigenvalue weighted by molar-refractivity contribution is 0.0561. The highest BCUT2D eigenvalue weighted by Gasteiger charge is 2.26. The van der Waals surface area contributed by atoms with Gasteiger partial charge in [-0.15, -0.1) is 0 Å². The van der Waals surface area contributed by atoms with Gasteiger partial charge in [0.2, 0.25) is 5.96 Å². The molecule has 37 heavy (non-hydrogen) atoms. The number of nitrogens with one attached hydrogen (secondary N) is 3. The van der Waals surface area contributed by atoms with E-state index < -0.39 is 29.4 Å². The third-order valence-electron chi connectivity index (χ3n) is 4.88. The van der Waals surface area contributed by atoms with Crippen LogP contribution in [0.25, 0.3) is 11.1 Å². The Morgan fingerprint density at radius 1 is 1.00 bits per heavy atom. The van der Waals surface area contributed by atoms with Gasteiger partial charge in [0.1, 0.15) is 29.5 Å². The van der Waals surface area contributed by atoms with Crippen molar-refractivity contribution >= 4 is 29.6 Å². The van der Waals surface area contributed by atoms with Crippen molar-refractivity contribution in [3.05, 3.63) is 82.6 Å². The molecule has 3 aromatic carbocycles. The van der Waals surface area contributed by atoms with Crippen LogP contribution in [0.2, 0.25) is 5.02 Å². The zero-order valence-electron chi connectivity index (χ0n) is 20.8. The number of amides is 2. The molecule has 2 amide bonds. The number of hydrogen-bond acceptors (Lipinski definition) is 6. The summed E-state index contributed by atoms with van der Waals surface area (Å²) in [6, 6.07) is 16.1. The first kappa shape index (κ1) is 27.5. The Hall–Kier alpha value is -4.11. The van der Waals surface area contributed by atoms with Crippen molar-refractivity contribution < 1.29 is 28.2 Å². The van der Waals surface area contributed by atoms with Crippen LogP contribution < -0.4 is 20.1 Å². The minimum Gasteiger partial charge on any atom is -0.496 e. The molecule has 194 valence electrons. The van der Waals surface area contributed by atoms with Crippen LogP contribution in [0.4, 0.5) is 9.18 Å². The molecule has 0 aliphatic carbocycles. The van der Waals surface area contributed by atoms with Gasteiger partial charge in [0, 0.05) is 16.1 Å². The average Bonchev–Trinajstić information content (AvgIpc) is 2.82. The Balaban J connectivity index is 2.03. The van der Waals surface area contributed by atoms with E-state index in [1.165, 1.54) is 37.4 Å². The summed E-state index contributed by atoms with van der Waals surface area (Å²) < 4.78 is 30.7. The molecule has 3 aromatic rings. The van der Waals surface area contributed by atoms with E-state index in [1.807, 2.05) is 30.3 Å². The number of rotatable bonds is 6. The average molecular weight is 528 g/mol. The highest BCUT2D eigenvalue weighted by atomic mass is 35.5. The second kappa shape index (κ2) is 11.7. The summed E-state index contributed by atoms with van der Waals surface area (Å²) in [6.07, 6.45) is -0.920. The van der Waals surface area contributed by atoms with Gasteiger partial charge >= 0.3 is 6.09 Å². The Kier molecular flexibility index (Phi) is 8.73. The molecule has 0 spiro atoms. The van der Waals surface area contributed by atoms with Gasteiger partial charge in [-0.2, -0.15) is 0 Å². The quantitative estimate of drug-likeness (QED) is 0.272. The SMILES string of the molecule is COc1ccc(F)cc1-c1c(Cl)ccc(OCc2ccccc2)c1C(=O)NC(=N)NC(=O)OC(C)(C)C. The number of carbonyl (C=O) groups excluding carboxylic acids is 2. The molecule has 0 heterocycles. The number of hydrogen-bond donors (Lipinski definition) is 3. The molecular formula is C27H27ClFN3O5. The van der Waals surface area contributed by atoms with Crippen LogP contribution in [0.5, 0.6) is 11.5 Å². The third kappa shape index (κ3) is 7.44. The maximum absolute atomic E-state index is 14.3. The summed E-state index contributed by atoms with van der Waals surface area (Å²) in [5, 5.41) is 12.6. The van der Waals surface area contributed by atoms with Crippen LogP contribution in [0.15, 0.2) is 60.7 Å². The van der Waals surface area contributed by atoms with Gasteiger partial charge in [-0.25, -0.2) is 9.18 Å². The molecule has 8 nitrogen and oxygen atoms in total. The number of halogens is 2. The fourth-order valence-electron chi connectivity index (χ4n) is 3.39. The fraction of sp³-hybridized carbons (Fsp3) is 0.222. The van der Waals surface area contributed by atoms with Crippen molar-refractivity contribution in [1.29, 1.82) is 5.41 Å². The maximum atomic E-state index is 14.3. The van der Waals surface area contributed by atoms with Gasteiger partial charge in [0.15, 0.2) is 0 Å². The van der Waals surface area contributed by atoms with Crippen LogP contribution in [-0.4, -0.2) is 30.7 Å². The number of methoxy groups -OCH3 is 1. The molecule has 3 rings (SSSR count). The summed E-state index contributed by atoms with van der Waals surface area (Å²) in [5.41, 5.74) is 0.289. The Labute approximate surface area is 219 Å². The predicted octanol–water partition coefficient (Wildman–Crippen LogP) is 5.92. The van der Waals surface area contributed by atoms with Gasteiger partial charge in [-0.05, 0) is 56.7 Å². The zero-order chi connectivity index (χ0) is 27.2. The Bertz CT molecular complexity index is 1310. The summed E-state index contributed by atoms with van der Waals surface area (Å²) in [5.74, 6) is -1.65. The largest absolute Gasteiger partial charge is 0.496 e. The van der Waals surface area contributed by atoms with E-state index in [2.05, 4.69) is 10.6 Å². The predicted molar refractivity (Wildman–Crippen MR) is 139 cm³/mol. The van der Waals surface area contributed by atoms with Gasteiger partial charge in [0.25, 0.3) is 5.91 Å². The molecule has 0 aliphatic rings. The number of ether oxygens (including phenoxy) is 3. The molecule has 0 unspecified atom stereocenters. The van der Waals surface area contributed by atoms with E-state index in [9.17, 15) is 14.0 Å². The van der Waals surface area contributed by atoms with Crippen LogP contribution in [0, 0.1) is 11.2 Å². The number of alkyl carbamates (subject to hydrolysis) is 1. The molecule has 3 N–H and O–H groups in total. The summed E-state index contributed by atoms with van der Waals surface area (Å²) in [7, 11) is 1.40. The van der Waals surface area contributed by atoms with Crippen molar-refractivity contribution in [3.63, 3.8) is 0 Å². The molecule has 0 saturated carbocycles. The summed E-state index contributed by atoms with van der Waals surface area (Å²) in [6.45, 7) is 5.11. The smallest absolute Gasteiger partial charge is 0.414 e. The lowest BCUT2D eigenvalue weighted by Crippen LogP contribution is -2.45. The summed E-state index contributed by atoms with van der Waals surface area (Å²) in [4.78, 5) is 25.5. The van der Waals surface area contributed by atoms with Crippen LogP contribution in [0.3, 0.4) is 0 Å². The molecule has 10 heteroatoms. The molecule has 0 radical (unpaired) electrons. The van der Waals surface area contributed by atoms with Crippen LogP contribution in [-0.2, 0) is 11.3 Å². The highest BCUT2D eigenvalue weighted by molar-refractivity contribution is 6.34. The molecule has 0 aliphatic heterocycles. The molecule has 0 saturated heterocycles. The second-order valence-electron chi connectivity index (χ2n) is 8.87. The van der Waals surface area contributed by atoms with Gasteiger partial charge in [-0.3, -0.25) is 20.8 Å². The molecule has 0 aromatic heterocycles. The zero-order valence-corrected chi connectivity index (χ0v) is 21.5. The van der Waals surface area contributed by atoms with Gasteiger partial charge < -0.3 is 14.2 Å². The molecule has 0 atom stereocenters. The van der Waals surface area contributed by atoms with E-state index in [4.69, 9.17) is 31.2 Å². The standard InChI is InChI=1S/C27H27ClFN3O5/c1-27(2,3)37-26(34)32-25(30)31-24(33)23-21(36-15-16-8-6-5-7-9-16)13-11-19(28)22(23)18-14-17(29)10-12-20(18)35-4/h5-14H,15H2,1-4H3,(H3,30,31,32,33,34). The normalized spacial score (nSPS) is 10.9. The van der Waals surface area contributed by atoms with Crippen molar-refractivity contribution in [2.24, 2.45) is 0 Å². The van der Waals surface area contributed by atoms with E-state index in [-0.39, 0.29) is 39.8 Å². The van der Waals surface area contributed by atoms with Crippen LogP contribution in [0.1, 0.15) is 36.7 Å². The molecule has 0 fully saturated rings. The maximum Gasteiger partial charge on any atom is 0.414 e. The first-order valence-electron chi connectivity index (χ1n) is 11.2. The lowest BCUT2D eigenvalue weighted by Gasteiger charge is -2.21. The first-order valence-corrected chi connectivity index (χ1v) is 11.6. The Morgan fingerprint density at radius 2 is 1.68 bits per heavy atom. The fourth-order valence-corrected chi connectivity index (χ4v) is 3.65. The van der Waals surface area contributed by atoms with Crippen LogP contribution >= 0.6 is 11.6 Å².